The third kappa shape index (κ3) is 8.87. The molecule has 1 amide bonds. The zero-order valence-corrected chi connectivity index (χ0v) is 5.45. The molecule has 0 saturated carbocycles. The molecule has 38 valence electrons. The van der Waals surface area contributed by atoms with Crippen LogP contribution < -0.4 is 5.73 Å². The maximum Gasteiger partial charge on any atom is 0.232 e. The number of alkyl halides is 1. The monoisotopic (exact) mass is 173 g/mol. The highest BCUT2D eigenvalue weighted by atomic mass is 79.9. The highest BCUT2D eigenvalue weighted by Crippen LogP contribution is 1.64. The van der Waals surface area contributed by atoms with E-state index < -0.39 is 5.91 Å². The SMILES string of the molecule is Br.NC(=O)CCl. The van der Waals surface area contributed by atoms with Crippen LogP contribution in [0.25, 0.3) is 0 Å². The predicted octanol–water partition coefficient (Wildman–Crippen LogP) is 0.288. The van der Waals surface area contributed by atoms with E-state index in [1.54, 1.807) is 0 Å². The molecule has 0 aliphatic carbocycles. The van der Waals surface area contributed by atoms with Crippen LogP contribution in [-0.4, -0.2) is 11.8 Å². The van der Waals surface area contributed by atoms with Crippen molar-refractivity contribution in [1.29, 1.82) is 0 Å². The van der Waals surface area contributed by atoms with Gasteiger partial charge in [-0.1, -0.05) is 0 Å². The molecule has 0 spiro atoms. The van der Waals surface area contributed by atoms with Crippen molar-refractivity contribution >= 4 is 34.5 Å². The molecule has 6 heavy (non-hydrogen) atoms. The van der Waals surface area contributed by atoms with E-state index in [0.29, 0.717) is 0 Å². The van der Waals surface area contributed by atoms with Gasteiger partial charge in [-0.05, 0) is 0 Å². The normalized spacial score (nSPS) is 6.17. The lowest BCUT2D eigenvalue weighted by Gasteiger charge is -1.71. The van der Waals surface area contributed by atoms with E-state index in [1.807, 2.05) is 0 Å². The fraction of sp³-hybridized carbons (Fsp3) is 0.500. The van der Waals surface area contributed by atoms with Gasteiger partial charge in [0.25, 0.3) is 0 Å². The molecular formula is C2H5BrClNO. The molecule has 0 radical (unpaired) electrons. The van der Waals surface area contributed by atoms with Crippen molar-refractivity contribution < 1.29 is 4.79 Å². The highest BCUT2D eigenvalue weighted by molar-refractivity contribution is 8.93. The second kappa shape index (κ2) is 5.24. The van der Waals surface area contributed by atoms with Gasteiger partial charge in [-0.15, -0.1) is 28.6 Å². The Morgan fingerprint density at radius 2 is 2.00 bits per heavy atom. The van der Waals surface area contributed by atoms with Crippen LogP contribution in [0.4, 0.5) is 0 Å². The number of carbonyl (C=O) groups excluding carboxylic acids is 1. The smallest absolute Gasteiger partial charge is 0.232 e. The number of hydrogen-bond acceptors (Lipinski definition) is 1. The Bertz CT molecular complexity index is 48.8. The maximum absolute atomic E-state index is 9.46. The van der Waals surface area contributed by atoms with Gasteiger partial charge in [0, 0.05) is 0 Å². The lowest BCUT2D eigenvalue weighted by molar-refractivity contribution is -0.115. The first-order valence-corrected chi connectivity index (χ1v) is 1.65. The van der Waals surface area contributed by atoms with Crippen molar-refractivity contribution in [2.24, 2.45) is 5.73 Å². The molecule has 0 atom stereocenters. The number of amides is 1. The molecule has 0 bridgehead atoms. The summed E-state index contributed by atoms with van der Waals surface area (Å²) >= 11 is 4.86. The quantitative estimate of drug-likeness (QED) is 0.571. The number of hydrogen-bond donors (Lipinski definition) is 1. The molecule has 0 aliphatic rings. The Labute approximate surface area is 51.4 Å². The van der Waals surface area contributed by atoms with Gasteiger partial charge in [0.15, 0.2) is 0 Å². The van der Waals surface area contributed by atoms with Gasteiger partial charge in [-0.2, -0.15) is 0 Å². The van der Waals surface area contributed by atoms with Crippen LogP contribution in [0.15, 0.2) is 0 Å². The zero-order chi connectivity index (χ0) is 4.28. The van der Waals surface area contributed by atoms with E-state index in [9.17, 15) is 4.79 Å². The Kier molecular flexibility index (Phi) is 8.32. The molecule has 4 heteroatoms. The Morgan fingerprint density at radius 3 is 2.00 bits per heavy atom. The number of carbonyl (C=O) groups is 1. The van der Waals surface area contributed by atoms with Crippen LogP contribution in [0.5, 0.6) is 0 Å². The van der Waals surface area contributed by atoms with Crippen molar-refractivity contribution in [1.82, 2.24) is 0 Å². The first-order valence-electron chi connectivity index (χ1n) is 1.11. The van der Waals surface area contributed by atoms with Crippen molar-refractivity contribution in [3.8, 4) is 0 Å². The number of primary amides is 1. The van der Waals surface area contributed by atoms with Crippen molar-refractivity contribution in [2.75, 3.05) is 5.88 Å². The van der Waals surface area contributed by atoms with Gasteiger partial charge in [0.2, 0.25) is 5.91 Å². The molecule has 0 aliphatic heterocycles. The lowest BCUT2D eigenvalue weighted by Crippen LogP contribution is -2.10. The van der Waals surface area contributed by atoms with Crippen LogP contribution in [0.3, 0.4) is 0 Å². The first-order chi connectivity index (χ1) is 2.27. The van der Waals surface area contributed by atoms with Crippen molar-refractivity contribution in [2.45, 2.75) is 0 Å². The molecule has 0 aromatic rings. The minimum Gasteiger partial charge on any atom is -0.369 e. The van der Waals surface area contributed by atoms with Gasteiger partial charge in [0.05, 0.1) is 0 Å². The summed E-state index contributed by atoms with van der Waals surface area (Å²) < 4.78 is 0. The summed E-state index contributed by atoms with van der Waals surface area (Å²) in [5, 5.41) is 0. The summed E-state index contributed by atoms with van der Waals surface area (Å²) in [7, 11) is 0. The number of nitrogens with two attached hydrogens (primary N) is 1. The lowest BCUT2D eigenvalue weighted by atomic mass is 10.8. The van der Waals surface area contributed by atoms with E-state index in [1.165, 1.54) is 0 Å². The van der Waals surface area contributed by atoms with Gasteiger partial charge in [-0.3, -0.25) is 4.79 Å². The molecule has 2 nitrogen and oxygen atoms in total. The molecule has 0 heterocycles. The van der Waals surface area contributed by atoms with Crippen molar-refractivity contribution in [3.05, 3.63) is 0 Å². The summed E-state index contributed by atoms with van der Waals surface area (Å²) in [6, 6.07) is 0. The van der Waals surface area contributed by atoms with Crippen LogP contribution in [-0.2, 0) is 4.79 Å². The van der Waals surface area contributed by atoms with E-state index in [4.69, 9.17) is 11.6 Å². The van der Waals surface area contributed by atoms with Crippen LogP contribution in [0, 0.1) is 0 Å². The summed E-state index contributed by atoms with van der Waals surface area (Å²) in [4.78, 5) is 9.46. The molecule has 2 N–H and O–H groups in total. The molecular weight excluding hydrogens is 169 g/mol. The second-order valence-corrected chi connectivity index (χ2v) is 0.867. The fourth-order valence-corrected chi connectivity index (χ4v) is 0. The summed E-state index contributed by atoms with van der Waals surface area (Å²) in [5.74, 6) is -0.563. The van der Waals surface area contributed by atoms with E-state index in [-0.39, 0.29) is 22.9 Å². The summed E-state index contributed by atoms with van der Waals surface area (Å²) in [6.07, 6.45) is 0. The zero-order valence-electron chi connectivity index (χ0n) is 2.98. The number of halogens is 2. The molecule has 0 aromatic heterocycles. The van der Waals surface area contributed by atoms with Gasteiger partial charge < -0.3 is 5.73 Å². The second-order valence-electron chi connectivity index (χ2n) is 0.600. The predicted molar refractivity (Wildman–Crippen MR) is 30.2 cm³/mol. The molecule has 0 aromatic carbocycles. The minimum atomic E-state index is -0.480. The Balaban J connectivity index is 0. The van der Waals surface area contributed by atoms with Gasteiger partial charge in [-0.25, -0.2) is 0 Å². The fourth-order valence-electron chi connectivity index (χ4n) is 0. The molecule has 0 unspecified atom stereocenters. The largest absolute Gasteiger partial charge is 0.369 e. The van der Waals surface area contributed by atoms with Crippen LogP contribution in [0.2, 0.25) is 0 Å². The maximum atomic E-state index is 9.46. The average Bonchev–Trinajstić information content (AvgIpc) is 1.38. The Hall–Kier alpha value is 0.240. The minimum absolute atomic E-state index is 0. The standard InChI is InChI=1S/C2H4ClNO.BrH/c3-1-2(4)5;/h1H2,(H2,4,5);1H. The van der Waals surface area contributed by atoms with Gasteiger partial charge >= 0.3 is 0 Å². The Morgan fingerprint density at radius 1 is 1.83 bits per heavy atom. The summed E-state index contributed by atoms with van der Waals surface area (Å²) in [5.41, 5.74) is 4.52. The van der Waals surface area contributed by atoms with Crippen LogP contribution in [0.1, 0.15) is 0 Å². The topological polar surface area (TPSA) is 43.1 Å². The number of rotatable bonds is 1. The molecule has 0 saturated heterocycles. The average molecular weight is 174 g/mol. The van der Waals surface area contributed by atoms with Gasteiger partial charge in [0.1, 0.15) is 5.88 Å². The highest BCUT2D eigenvalue weighted by Gasteiger charge is 1.79. The first kappa shape index (κ1) is 9.53. The molecule has 0 rings (SSSR count). The van der Waals surface area contributed by atoms with E-state index in [0.717, 1.165) is 0 Å². The van der Waals surface area contributed by atoms with E-state index >= 15 is 0 Å². The third-order valence-corrected chi connectivity index (χ3v) is 0.395. The summed E-state index contributed by atoms with van der Waals surface area (Å²) in [6.45, 7) is 0. The van der Waals surface area contributed by atoms with Crippen molar-refractivity contribution in [3.63, 3.8) is 0 Å². The molecule has 0 fully saturated rings. The third-order valence-electron chi connectivity index (χ3n) is 0.132. The van der Waals surface area contributed by atoms with E-state index in [2.05, 4.69) is 5.73 Å². The van der Waals surface area contributed by atoms with Crippen LogP contribution >= 0.6 is 28.6 Å².